The van der Waals surface area contributed by atoms with Gasteiger partial charge in [0.25, 0.3) is 9.05 Å². The number of hydrogen-bond donors (Lipinski definition) is 2. The van der Waals surface area contributed by atoms with E-state index in [1.807, 2.05) is 94.6 Å². The maximum absolute atomic E-state index is 11.4. The number of carbonyl (C=O) groups is 2. The highest BCUT2D eigenvalue weighted by Crippen LogP contribution is 2.16. The molecule has 3 N–H and O–H groups in total. The lowest BCUT2D eigenvalue weighted by Gasteiger charge is -2.11. The number of hydrogen-bond acceptors (Lipinski definition) is 8. The van der Waals surface area contributed by atoms with E-state index in [1.165, 1.54) is 36.8 Å². The highest BCUT2D eigenvalue weighted by Gasteiger charge is 2.10. The molecule has 6 rings (SSSR count). The van der Waals surface area contributed by atoms with Crippen molar-refractivity contribution in [2.75, 3.05) is 0 Å². The lowest BCUT2D eigenvalue weighted by molar-refractivity contribution is 0.100. The van der Waals surface area contributed by atoms with E-state index >= 15 is 0 Å². The van der Waals surface area contributed by atoms with Gasteiger partial charge in [0.1, 0.15) is 0 Å². The molecule has 0 bridgehead atoms. The van der Waals surface area contributed by atoms with Crippen molar-refractivity contribution in [2.24, 2.45) is 5.73 Å². The SMILES string of the molecule is CC(=O)c1ccc(S(=O)(=O)Cl)cc1.CC(=O)c1cccc(CNCc2ccccc2-n2cccn2)c1.NCc1ccccc1-n1cccn1. The Labute approximate surface area is 290 Å². The normalized spacial score (nSPS) is 10.7. The molecule has 12 heteroatoms. The number of para-hydroxylation sites is 2. The van der Waals surface area contributed by atoms with E-state index in [1.54, 1.807) is 19.3 Å². The van der Waals surface area contributed by atoms with E-state index in [0.29, 0.717) is 18.7 Å². The molecule has 0 unspecified atom stereocenters. The number of Topliss-reactive ketones (excluding diaryl/α,β-unsaturated/α-hetero) is 2. The first-order valence-electron chi connectivity index (χ1n) is 15.3. The lowest BCUT2D eigenvalue weighted by atomic mass is 10.1. The quantitative estimate of drug-likeness (QED) is 0.122. The second kappa shape index (κ2) is 17.8. The van der Waals surface area contributed by atoms with Crippen LogP contribution < -0.4 is 11.1 Å². The summed E-state index contributed by atoms with van der Waals surface area (Å²) in [7, 11) is 1.39. The van der Waals surface area contributed by atoms with E-state index in [2.05, 4.69) is 27.6 Å². The number of benzene rings is 4. The van der Waals surface area contributed by atoms with Crippen LogP contribution in [-0.4, -0.2) is 39.5 Å². The minimum atomic E-state index is -3.68. The Morgan fingerprint density at radius 3 is 1.76 bits per heavy atom. The van der Waals surface area contributed by atoms with Gasteiger partial charge in [-0.1, -0.05) is 66.7 Å². The number of nitrogens with zero attached hydrogens (tertiary/aromatic N) is 4. The molecule has 0 aliphatic carbocycles. The Hall–Kier alpha value is -5.20. The van der Waals surface area contributed by atoms with Crippen LogP contribution in [-0.2, 0) is 28.7 Å². The van der Waals surface area contributed by atoms with Crippen molar-refractivity contribution in [1.29, 1.82) is 0 Å². The summed E-state index contributed by atoms with van der Waals surface area (Å²) in [5.74, 6) is -0.0191. The first-order chi connectivity index (χ1) is 23.6. The number of nitrogens with two attached hydrogens (primary N) is 1. The van der Waals surface area contributed by atoms with Crippen molar-refractivity contribution in [2.45, 2.75) is 38.4 Å². The van der Waals surface area contributed by atoms with Gasteiger partial charge in [0.15, 0.2) is 11.6 Å². The molecule has 0 aliphatic rings. The number of halogens is 1. The zero-order valence-electron chi connectivity index (χ0n) is 27.1. The fraction of sp³-hybridized carbons (Fsp3) is 0.135. The second-order valence-corrected chi connectivity index (χ2v) is 13.3. The highest BCUT2D eigenvalue weighted by molar-refractivity contribution is 8.13. The largest absolute Gasteiger partial charge is 0.326 e. The molecule has 0 amide bonds. The third kappa shape index (κ3) is 10.9. The van der Waals surface area contributed by atoms with Crippen molar-refractivity contribution < 1.29 is 18.0 Å². The Morgan fingerprint density at radius 2 is 1.24 bits per heavy atom. The Kier molecular flexibility index (Phi) is 13.3. The summed E-state index contributed by atoms with van der Waals surface area (Å²) in [4.78, 5) is 22.3. The van der Waals surface area contributed by atoms with Crippen LogP contribution in [0, 0.1) is 0 Å². The summed E-state index contributed by atoms with van der Waals surface area (Å²) in [5, 5.41) is 11.9. The molecule has 10 nitrogen and oxygen atoms in total. The first-order valence-corrected chi connectivity index (χ1v) is 17.6. The molecule has 4 aromatic carbocycles. The van der Waals surface area contributed by atoms with Gasteiger partial charge in [0.2, 0.25) is 0 Å². The van der Waals surface area contributed by atoms with E-state index < -0.39 is 9.05 Å². The number of carbonyl (C=O) groups excluding carboxylic acids is 2. The Morgan fingerprint density at radius 1 is 0.694 bits per heavy atom. The van der Waals surface area contributed by atoms with Crippen LogP contribution in [0.3, 0.4) is 0 Å². The summed E-state index contributed by atoms with van der Waals surface area (Å²) in [6.07, 6.45) is 7.38. The van der Waals surface area contributed by atoms with Crippen molar-refractivity contribution in [3.8, 4) is 11.4 Å². The first kappa shape index (κ1) is 36.6. The van der Waals surface area contributed by atoms with Crippen LogP contribution in [0.25, 0.3) is 11.4 Å². The molecular formula is C37H37ClN6O4S. The predicted molar refractivity (Wildman–Crippen MR) is 191 cm³/mol. The number of rotatable bonds is 10. The molecule has 0 saturated heterocycles. The molecule has 0 atom stereocenters. The zero-order chi connectivity index (χ0) is 35.2. The molecule has 0 radical (unpaired) electrons. The zero-order valence-corrected chi connectivity index (χ0v) is 28.7. The van der Waals surface area contributed by atoms with Gasteiger partial charge in [-0.05, 0) is 73.0 Å². The molecule has 49 heavy (non-hydrogen) atoms. The van der Waals surface area contributed by atoms with Gasteiger partial charge in [0.05, 0.1) is 16.3 Å². The van der Waals surface area contributed by atoms with Gasteiger partial charge in [-0.3, -0.25) is 9.59 Å². The van der Waals surface area contributed by atoms with E-state index in [4.69, 9.17) is 16.4 Å². The predicted octanol–water partition coefficient (Wildman–Crippen LogP) is 6.51. The van der Waals surface area contributed by atoms with Crippen molar-refractivity contribution >= 4 is 31.3 Å². The highest BCUT2D eigenvalue weighted by atomic mass is 35.7. The second-order valence-electron chi connectivity index (χ2n) is 10.7. The van der Waals surface area contributed by atoms with Crippen LogP contribution in [0.1, 0.15) is 51.3 Å². The Bertz CT molecular complexity index is 2060. The topological polar surface area (TPSA) is 142 Å². The average molecular weight is 697 g/mol. The minimum Gasteiger partial charge on any atom is -0.326 e. The molecule has 0 spiro atoms. The molecule has 252 valence electrons. The summed E-state index contributed by atoms with van der Waals surface area (Å²) >= 11 is 0. The van der Waals surface area contributed by atoms with Crippen LogP contribution in [0.15, 0.2) is 139 Å². The summed E-state index contributed by atoms with van der Waals surface area (Å²) < 4.78 is 25.3. The summed E-state index contributed by atoms with van der Waals surface area (Å²) in [6, 6.07) is 33.2. The third-order valence-electron chi connectivity index (χ3n) is 7.23. The van der Waals surface area contributed by atoms with Crippen LogP contribution in [0.4, 0.5) is 0 Å². The molecule has 2 heterocycles. The summed E-state index contributed by atoms with van der Waals surface area (Å²) in [5.41, 5.74) is 12.3. The maximum Gasteiger partial charge on any atom is 0.261 e. The van der Waals surface area contributed by atoms with E-state index in [0.717, 1.165) is 34.6 Å². The van der Waals surface area contributed by atoms with E-state index in [-0.39, 0.29) is 16.5 Å². The summed E-state index contributed by atoms with van der Waals surface area (Å²) in [6.45, 7) is 4.99. The van der Waals surface area contributed by atoms with Crippen molar-refractivity contribution in [3.63, 3.8) is 0 Å². The molecule has 0 aliphatic heterocycles. The molecule has 0 saturated carbocycles. The molecule has 0 fully saturated rings. The van der Waals surface area contributed by atoms with E-state index in [9.17, 15) is 18.0 Å². The van der Waals surface area contributed by atoms with Gasteiger partial charge >= 0.3 is 0 Å². The number of aromatic nitrogens is 4. The van der Waals surface area contributed by atoms with Gasteiger partial charge in [-0.25, -0.2) is 17.8 Å². The Balaban J connectivity index is 0.000000178. The smallest absolute Gasteiger partial charge is 0.261 e. The van der Waals surface area contributed by atoms with Gasteiger partial charge < -0.3 is 11.1 Å². The lowest BCUT2D eigenvalue weighted by Crippen LogP contribution is -2.15. The molecule has 6 aromatic rings. The van der Waals surface area contributed by atoms with Crippen LogP contribution >= 0.6 is 10.7 Å². The monoisotopic (exact) mass is 696 g/mol. The van der Waals surface area contributed by atoms with Crippen molar-refractivity contribution in [3.05, 3.63) is 162 Å². The minimum absolute atomic E-state index is 0.000772. The van der Waals surface area contributed by atoms with Gasteiger partial charge in [-0.15, -0.1) is 0 Å². The van der Waals surface area contributed by atoms with Gasteiger partial charge in [-0.2, -0.15) is 10.2 Å². The van der Waals surface area contributed by atoms with Crippen LogP contribution in [0.2, 0.25) is 0 Å². The average Bonchev–Trinajstić information content (AvgIpc) is 3.85. The molecular weight excluding hydrogens is 660 g/mol. The third-order valence-corrected chi connectivity index (χ3v) is 8.60. The van der Waals surface area contributed by atoms with Gasteiger partial charge in [0, 0.05) is 66.2 Å². The number of ketones is 2. The standard InChI is InChI=1S/C19H19N3O.C10H11N3.C8H7ClO3S/c1-15(23)17-8-4-6-16(12-17)13-20-14-18-7-2-3-9-19(18)22-11-5-10-21-22;11-8-9-4-1-2-5-10(9)13-7-3-6-12-13;1-6(10)7-2-4-8(5-3-7)13(9,11)12/h2-12,20H,13-14H2,1H3;1-7H,8,11H2;2-5H,1H3. The fourth-order valence-corrected chi connectivity index (χ4v) is 5.48. The molecule has 2 aromatic heterocycles. The maximum atomic E-state index is 11.4. The fourth-order valence-electron chi connectivity index (χ4n) is 4.71. The number of nitrogens with one attached hydrogen (secondary N) is 1. The van der Waals surface area contributed by atoms with Crippen molar-refractivity contribution in [1.82, 2.24) is 24.9 Å². The van der Waals surface area contributed by atoms with Crippen LogP contribution in [0.5, 0.6) is 0 Å².